The van der Waals surface area contributed by atoms with Crippen molar-refractivity contribution in [3.8, 4) is 11.3 Å². The number of benzene rings is 1. The predicted molar refractivity (Wildman–Crippen MR) is 117 cm³/mol. The average molecular weight is 490 g/mol. The summed E-state index contributed by atoms with van der Waals surface area (Å²) in [6.45, 7) is 1.40. The molecule has 1 aliphatic carbocycles. The highest BCUT2D eigenvalue weighted by Crippen LogP contribution is 2.34. The number of halogens is 4. The number of fused-ring (bicyclic) bond motifs is 3. The van der Waals surface area contributed by atoms with E-state index in [0.717, 1.165) is 16.7 Å². The third-order valence-electron chi connectivity index (χ3n) is 5.69. The summed E-state index contributed by atoms with van der Waals surface area (Å²) < 4.78 is 56.4. The van der Waals surface area contributed by atoms with E-state index in [1.54, 1.807) is 30.6 Å². The SMILES string of the molecule is O=C(OC(=O)C(F)(F)F)c1c2c(nn1CCCNCCc1ccc(F)cc1)-c1ccncc1CC2. The molecule has 2 heterocycles. The Kier molecular flexibility index (Phi) is 7.25. The molecule has 0 radical (unpaired) electrons. The molecule has 0 unspecified atom stereocenters. The molecule has 2 aromatic heterocycles. The van der Waals surface area contributed by atoms with Gasteiger partial charge in [0.2, 0.25) is 0 Å². The number of hydrogen-bond donors (Lipinski definition) is 1. The Morgan fingerprint density at radius 2 is 1.86 bits per heavy atom. The van der Waals surface area contributed by atoms with Crippen LogP contribution in [-0.4, -0.2) is 46.0 Å². The fourth-order valence-corrected chi connectivity index (χ4v) is 4.01. The Balaban J connectivity index is 1.45. The molecule has 0 atom stereocenters. The van der Waals surface area contributed by atoms with E-state index in [0.29, 0.717) is 50.0 Å². The van der Waals surface area contributed by atoms with Gasteiger partial charge >= 0.3 is 18.1 Å². The molecule has 0 bridgehead atoms. The van der Waals surface area contributed by atoms with Crippen LogP contribution in [0.4, 0.5) is 17.6 Å². The lowest BCUT2D eigenvalue weighted by molar-refractivity contribution is -0.193. The molecule has 4 rings (SSSR count). The highest BCUT2D eigenvalue weighted by molar-refractivity contribution is 5.99. The molecule has 11 heteroatoms. The van der Waals surface area contributed by atoms with Crippen molar-refractivity contribution in [1.82, 2.24) is 20.1 Å². The van der Waals surface area contributed by atoms with E-state index >= 15 is 0 Å². The van der Waals surface area contributed by atoms with Crippen LogP contribution in [-0.2, 0) is 35.3 Å². The largest absolute Gasteiger partial charge is 0.491 e. The quantitative estimate of drug-likeness (QED) is 0.225. The Bertz CT molecular complexity index is 1220. The van der Waals surface area contributed by atoms with E-state index in [1.165, 1.54) is 16.8 Å². The van der Waals surface area contributed by atoms with Crippen molar-refractivity contribution in [2.75, 3.05) is 13.1 Å². The van der Waals surface area contributed by atoms with Crippen molar-refractivity contribution < 1.29 is 31.9 Å². The molecule has 1 aliphatic rings. The first kappa shape index (κ1) is 24.5. The second kappa shape index (κ2) is 10.3. The second-order valence-electron chi connectivity index (χ2n) is 8.09. The summed E-state index contributed by atoms with van der Waals surface area (Å²) in [4.78, 5) is 28.0. The summed E-state index contributed by atoms with van der Waals surface area (Å²) in [5, 5.41) is 7.72. The lowest BCUT2D eigenvalue weighted by atomic mass is 9.90. The Labute approximate surface area is 198 Å². The third-order valence-corrected chi connectivity index (χ3v) is 5.69. The first-order chi connectivity index (χ1) is 16.7. The molecule has 35 heavy (non-hydrogen) atoms. The fraction of sp³-hybridized carbons (Fsp3) is 0.333. The number of carbonyl (C=O) groups is 2. The van der Waals surface area contributed by atoms with Crippen molar-refractivity contribution in [3.05, 3.63) is 70.9 Å². The first-order valence-electron chi connectivity index (χ1n) is 11.1. The van der Waals surface area contributed by atoms with Crippen molar-refractivity contribution in [2.24, 2.45) is 0 Å². The van der Waals surface area contributed by atoms with Crippen LogP contribution in [0.15, 0.2) is 42.7 Å². The van der Waals surface area contributed by atoms with E-state index in [1.807, 2.05) is 0 Å². The molecule has 0 saturated heterocycles. The summed E-state index contributed by atoms with van der Waals surface area (Å²) in [6.07, 6.45) is 0.0673. The monoisotopic (exact) mass is 490 g/mol. The van der Waals surface area contributed by atoms with E-state index in [9.17, 15) is 27.2 Å². The molecule has 0 aliphatic heterocycles. The third kappa shape index (κ3) is 5.73. The summed E-state index contributed by atoms with van der Waals surface area (Å²) in [5.41, 5.74) is 3.42. The minimum absolute atomic E-state index is 0.147. The molecular weight excluding hydrogens is 468 g/mol. The number of carbonyl (C=O) groups excluding carboxylic acids is 2. The number of rotatable bonds is 8. The maximum absolute atomic E-state index is 13.0. The van der Waals surface area contributed by atoms with Gasteiger partial charge in [-0.3, -0.25) is 9.67 Å². The van der Waals surface area contributed by atoms with Crippen molar-refractivity contribution in [1.29, 1.82) is 0 Å². The molecule has 1 N–H and O–H groups in total. The molecule has 0 saturated carbocycles. The standard InChI is InChI=1S/C24H22F4N4O3/c25-17-5-2-15(3-6-17)8-11-29-10-1-13-32-21(22(33)35-23(34)24(26,27)28)19-7-4-16-14-30-12-9-18(16)20(19)31-32/h2-3,5-6,9,12,14,29H,1,4,7-8,10-11,13H2. The number of ether oxygens (including phenoxy) is 1. The van der Waals surface area contributed by atoms with E-state index in [4.69, 9.17) is 0 Å². The molecule has 7 nitrogen and oxygen atoms in total. The van der Waals surface area contributed by atoms with Gasteiger partial charge in [0.25, 0.3) is 0 Å². The zero-order chi connectivity index (χ0) is 25.0. The van der Waals surface area contributed by atoms with Crippen LogP contribution in [0.2, 0.25) is 0 Å². The van der Waals surface area contributed by atoms with Crippen LogP contribution in [0.1, 0.15) is 33.6 Å². The van der Waals surface area contributed by atoms with Gasteiger partial charge in [0.05, 0.1) is 5.69 Å². The summed E-state index contributed by atoms with van der Waals surface area (Å²) in [5.74, 6) is -4.23. The van der Waals surface area contributed by atoms with Crippen LogP contribution in [0.3, 0.4) is 0 Å². The molecule has 0 spiro atoms. The van der Waals surface area contributed by atoms with Crippen LogP contribution in [0.5, 0.6) is 0 Å². The molecule has 184 valence electrons. The zero-order valence-electron chi connectivity index (χ0n) is 18.6. The minimum Gasteiger partial charge on any atom is -0.381 e. The number of aryl methyl sites for hydroxylation is 2. The average Bonchev–Trinajstić information content (AvgIpc) is 3.20. The van der Waals surface area contributed by atoms with E-state index in [2.05, 4.69) is 20.1 Å². The fourth-order valence-electron chi connectivity index (χ4n) is 4.01. The zero-order valence-corrected chi connectivity index (χ0v) is 18.6. The topological polar surface area (TPSA) is 86.1 Å². The Hall–Kier alpha value is -3.60. The van der Waals surface area contributed by atoms with Crippen molar-refractivity contribution in [2.45, 2.75) is 38.4 Å². The summed E-state index contributed by atoms with van der Waals surface area (Å²) >= 11 is 0. The number of pyridine rings is 1. The van der Waals surface area contributed by atoms with Crippen LogP contribution in [0.25, 0.3) is 11.3 Å². The number of hydrogen-bond acceptors (Lipinski definition) is 6. The van der Waals surface area contributed by atoms with Gasteiger partial charge in [-0.25, -0.2) is 14.0 Å². The highest BCUT2D eigenvalue weighted by Gasteiger charge is 2.43. The van der Waals surface area contributed by atoms with Crippen LogP contribution >= 0.6 is 0 Å². The smallest absolute Gasteiger partial charge is 0.381 e. The lowest BCUT2D eigenvalue weighted by Gasteiger charge is -2.15. The number of nitrogens with zero attached hydrogens (tertiary/aromatic N) is 3. The van der Waals surface area contributed by atoms with Gasteiger partial charge in [-0.15, -0.1) is 0 Å². The van der Waals surface area contributed by atoms with Gasteiger partial charge < -0.3 is 10.1 Å². The number of aromatic nitrogens is 3. The van der Waals surface area contributed by atoms with Crippen LogP contribution in [0, 0.1) is 5.82 Å². The van der Waals surface area contributed by atoms with Gasteiger partial charge in [0.15, 0.2) is 5.69 Å². The predicted octanol–water partition coefficient (Wildman–Crippen LogP) is 3.65. The minimum atomic E-state index is -5.28. The maximum atomic E-state index is 13.0. The molecule has 0 amide bonds. The van der Waals surface area contributed by atoms with Crippen LogP contribution < -0.4 is 5.32 Å². The number of nitrogens with one attached hydrogen (secondary N) is 1. The van der Waals surface area contributed by atoms with Gasteiger partial charge in [-0.2, -0.15) is 18.3 Å². The normalized spacial score (nSPS) is 12.7. The van der Waals surface area contributed by atoms with Gasteiger partial charge in [-0.1, -0.05) is 12.1 Å². The first-order valence-corrected chi connectivity index (χ1v) is 11.1. The highest BCUT2D eigenvalue weighted by atomic mass is 19.4. The molecule has 3 aromatic rings. The summed E-state index contributed by atoms with van der Waals surface area (Å²) in [7, 11) is 0. The van der Waals surface area contributed by atoms with E-state index in [-0.39, 0.29) is 18.1 Å². The Morgan fingerprint density at radius 3 is 2.60 bits per heavy atom. The Morgan fingerprint density at radius 1 is 1.09 bits per heavy atom. The van der Waals surface area contributed by atoms with E-state index < -0.39 is 18.1 Å². The number of esters is 2. The van der Waals surface area contributed by atoms with Crippen molar-refractivity contribution in [3.63, 3.8) is 0 Å². The van der Waals surface area contributed by atoms with Gasteiger partial charge in [-0.05, 0) is 68.1 Å². The molecule has 1 aromatic carbocycles. The lowest BCUT2D eigenvalue weighted by Crippen LogP contribution is -2.29. The van der Waals surface area contributed by atoms with Gasteiger partial charge in [0.1, 0.15) is 5.82 Å². The maximum Gasteiger partial charge on any atom is 0.491 e. The summed E-state index contributed by atoms with van der Waals surface area (Å²) in [6, 6.07) is 7.94. The van der Waals surface area contributed by atoms with Crippen molar-refractivity contribution >= 4 is 11.9 Å². The number of alkyl halides is 3. The van der Waals surface area contributed by atoms with Gasteiger partial charge in [0, 0.05) is 30.1 Å². The second-order valence-corrected chi connectivity index (χ2v) is 8.09. The molecule has 0 fully saturated rings. The molecular formula is C24H22F4N4O3.